The van der Waals surface area contributed by atoms with Gasteiger partial charge >= 0.3 is 0 Å². The quantitative estimate of drug-likeness (QED) is 0.597. The number of likely N-dealkylation sites (N-methyl/N-ethyl adjacent to an activating group) is 1. The molecule has 1 aliphatic heterocycles. The fraction of sp³-hybridized carbons (Fsp3) is 0.600. The number of nitrogens with one attached hydrogen (secondary N) is 2. The monoisotopic (exact) mass is 340 g/mol. The van der Waals surface area contributed by atoms with E-state index in [4.69, 9.17) is 9.90 Å². The third kappa shape index (κ3) is 5.99. The molecule has 3 N–H and O–H groups in total. The minimum absolute atomic E-state index is 0.0417. The number of carboxylic acid groups (broad SMARTS) is 1. The molecule has 134 valence electrons. The van der Waals surface area contributed by atoms with Crippen LogP contribution >= 0.6 is 0 Å². The van der Waals surface area contributed by atoms with E-state index in [1.165, 1.54) is 6.07 Å². The molecular weight excluding hydrogens is 316 g/mol. The van der Waals surface area contributed by atoms with Gasteiger partial charge in [-0.15, -0.1) is 0 Å². The largest absolute Gasteiger partial charge is 0.483 e. The highest BCUT2D eigenvalue weighted by Crippen LogP contribution is 2.16. The van der Waals surface area contributed by atoms with Gasteiger partial charge in [0.05, 0.1) is 6.42 Å². The fourth-order valence-corrected chi connectivity index (χ4v) is 2.73. The van der Waals surface area contributed by atoms with Crippen LogP contribution in [0.25, 0.3) is 0 Å². The van der Waals surface area contributed by atoms with Crippen LogP contribution in [0.1, 0.15) is 18.9 Å². The molecule has 1 atom stereocenters. The van der Waals surface area contributed by atoms with Crippen molar-refractivity contribution in [2.75, 3.05) is 33.2 Å². The van der Waals surface area contributed by atoms with E-state index in [-0.39, 0.29) is 24.4 Å². The molecule has 1 unspecified atom stereocenters. The Hall–Kier alpha value is -2.42. The lowest BCUT2D eigenvalue weighted by Gasteiger charge is -2.21. The van der Waals surface area contributed by atoms with Gasteiger partial charge in [-0.1, -0.05) is 6.92 Å². The minimum atomic E-state index is -0.422. The number of amides is 1. The molecular formula is C15H24N4O5. The van der Waals surface area contributed by atoms with Gasteiger partial charge in [-0.3, -0.25) is 29.4 Å². The minimum Gasteiger partial charge on any atom is -0.483 e. The molecule has 1 aliphatic rings. The van der Waals surface area contributed by atoms with Gasteiger partial charge in [-0.05, 0) is 25.4 Å². The zero-order valence-corrected chi connectivity index (χ0v) is 13.9. The Kier molecular flexibility index (Phi) is 7.90. The topological polar surface area (TPSA) is 127 Å². The van der Waals surface area contributed by atoms with Crippen LogP contribution in [0.2, 0.25) is 0 Å². The summed E-state index contributed by atoms with van der Waals surface area (Å²) in [4.78, 5) is 47.3. The first-order valence-electron chi connectivity index (χ1n) is 7.76. The summed E-state index contributed by atoms with van der Waals surface area (Å²) in [7, 11) is 1.75. The number of carbonyl (C=O) groups excluding carboxylic acids is 1. The average molecular weight is 340 g/mol. The van der Waals surface area contributed by atoms with Crippen molar-refractivity contribution in [2.24, 2.45) is 5.92 Å². The Bertz CT molecular complexity index is 654. The van der Waals surface area contributed by atoms with Gasteiger partial charge in [-0.25, -0.2) is 0 Å². The SMILES string of the molecule is CCN1CCC(CN(C)C(=O)Cc2cc(=O)[nH][nH]c2=O)C1.O=CO. The molecule has 1 fully saturated rings. The third-order valence-electron chi connectivity index (χ3n) is 4.01. The Morgan fingerprint density at radius 2 is 2.12 bits per heavy atom. The fourth-order valence-electron chi connectivity index (χ4n) is 2.73. The summed E-state index contributed by atoms with van der Waals surface area (Å²) in [5.41, 5.74) is -0.624. The molecule has 9 heteroatoms. The van der Waals surface area contributed by atoms with Crippen LogP contribution in [0.5, 0.6) is 0 Å². The smallest absolute Gasteiger partial charge is 0.290 e. The van der Waals surface area contributed by atoms with Gasteiger partial charge in [0.15, 0.2) is 0 Å². The lowest BCUT2D eigenvalue weighted by atomic mass is 10.1. The maximum Gasteiger partial charge on any atom is 0.290 e. The number of likely N-dealkylation sites (tertiary alicyclic amines) is 1. The number of nitrogens with zero attached hydrogens (tertiary/aromatic N) is 2. The van der Waals surface area contributed by atoms with Crippen molar-refractivity contribution < 1.29 is 14.7 Å². The Labute approximate surface area is 139 Å². The normalized spacial score (nSPS) is 17.0. The van der Waals surface area contributed by atoms with Crippen LogP contribution in [0, 0.1) is 5.92 Å². The zero-order valence-electron chi connectivity index (χ0n) is 13.9. The van der Waals surface area contributed by atoms with E-state index < -0.39 is 11.1 Å². The van der Waals surface area contributed by atoms with E-state index in [2.05, 4.69) is 22.0 Å². The highest BCUT2D eigenvalue weighted by Gasteiger charge is 2.24. The molecule has 2 rings (SSSR count). The molecule has 1 saturated heterocycles. The second kappa shape index (κ2) is 9.66. The van der Waals surface area contributed by atoms with Crippen molar-refractivity contribution in [1.29, 1.82) is 0 Å². The van der Waals surface area contributed by atoms with Crippen LogP contribution < -0.4 is 11.1 Å². The Morgan fingerprint density at radius 1 is 1.46 bits per heavy atom. The van der Waals surface area contributed by atoms with E-state index in [0.717, 1.165) is 26.1 Å². The van der Waals surface area contributed by atoms with E-state index in [1.807, 2.05) is 0 Å². The number of H-pyrrole nitrogens is 2. The summed E-state index contributed by atoms with van der Waals surface area (Å²) in [6.45, 7) is 5.71. The predicted octanol–water partition coefficient (Wildman–Crippen LogP) is -0.893. The van der Waals surface area contributed by atoms with Crippen molar-refractivity contribution in [3.63, 3.8) is 0 Å². The molecule has 9 nitrogen and oxygen atoms in total. The van der Waals surface area contributed by atoms with Crippen molar-refractivity contribution in [3.05, 3.63) is 32.3 Å². The number of aromatic amines is 2. The molecule has 0 radical (unpaired) electrons. The number of aromatic nitrogens is 2. The summed E-state index contributed by atoms with van der Waals surface area (Å²) >= 11 is 0. The number of hydrogen-bond acceptors (Lipinski definition) is 5. The molecule has 0 spiro atoms. The lowest BCUT2D eigenvalue weighted by molar-refractivity contribution is -0.129. The maximum atomic E-state index is 12.2. The van der Waals surface area contributed by atoms with Crippen LogP contribution in [0.3, 0.4) is 0 Å². The van der Waals surface area contributed by atoms with Crippen molar-refractivity contribution in [2.45, 2.75) is 19.8 Å². The molecule has 0 aromatic carbocycles. The van der Waals surface area contributed by atoms with E-state index in [0.29, 0.717) is 12.5 Å². The molecule has 0 aliphatic carbocycles. The maximum absolute atomic E-state index is 12.2. The lowest BCUT2D eigenvalue weighted by Crippen LogP contribution is -2.35. The van der Waals surface area contributed by atoms with Crippen molar-refractivity contribution >= 4 is 12.4 Å². The first kappa shape index (κ1) is 19.6. The standard InChI is InChI=1S/C14H22N4O3.CH2O2/c1-3-18-5-4-10(9-18)8-17(2)13(20)7-11-6-12(19)15-16-14(11)21;2-1-3/h6,10H,3-5,7-9H2,1-2H3,(H,15,19)(H,16,21);1H,(H,2,3). The number of rotatable bonds is 5. The Balaban J connectivity index is 0.000000891. The van der Waals surface area contributed by atoms with Crippen molar-refractivity contribution in [3.8, 4) is 0 Å². The first-order valence-corrected chi connectivity index (χ1v) is 7.76. The van der Waals surface area contributed by atoms with Gasteiger partial charge in [0.2, 0.25) is 5.91 Å². The summed E-state index contributed by atoms with van der Waals surface area (Å²) in [6, 6.07) is 1.18. The second-order valence-corrected chi connectivity index (χ2v) is 5.72. The highest BCUT2D eigenvalue weighted by molar-refractivity contribution is 5.78. The number of hydrogen-bond donors (Lipinski definition) is 3. The molecule has 24 heavy (non-hydrogen) atoms. The summed E-state index contributed by atoms with van der Waals surface area (Å²) in [5, 5.41) is 11.3. The van der Waals surface area contributed by atoms with Crippen LogP contribution in [0.15, 0.2) is 15.7 Å². The molecule has 2 heterocycles. The predicted molar refractivity (Wildman–Crippen MR) is 87.9 cm³/mol. The van der Waals surface area contributed by atoms with Crippen LogP contribution in [-0.2, 0) is 16.0 Å². The molecule has 1 amide bonds. The van der Waals surface area contributed by atoms with Crippen molar-refractivity contribution in [1.82, 2.24) is 20.0 Å². The zero-order chi connectivity index (χ0) is 18.1. The van der Waals surface area contributed by atoms with E-state index in [1.54, 1.807) is 11.9 Å². The molecule has 0 saturated carbocycles. The summed E-state index contributed by atoms with van der Waals surface area (Å²) in [6.07, 6.45) is 1.05. The first-order chi connectivity index (χ1) is 11.4. The summed E-state index contributed by atoms with van der Waals surface area (Å²) < 4.78 is 0. The molecule has 1 aromatic heterocycles. The number of carbonyl (C=O) groups is 2. The van der Waals surface area contributed by atoms with Gasteiger partial charge in [0.1, 0.15) is 0 Å². The van der Waals surface area contributed by atoms with Gasteiger partial charge in [0.25, 0.3) is 17.6 Å². The molecule has 1 aromatic rings. The molecule has 0 bridgehead atoms. The van der Waals surface area contributed by atoms with Gasteiger partial charge in [0, 0.05) is 31.8 Å². The average Bonchev–Trinajstić information content (AvgIpc) is 2.99. The van der Waals surface area contributed by atoms with Crippen LogP contribution in [0.4, 0.5) is 0 Å². The summed E-state index contributed by atoms with van der Waals surface area (Å²) in [5.74, 6) is 0.345. The van der Waals surface area contributed by atoms with E-state index in [9.17, 15) is 14.4 Å². The highest BCUT2D eigenvalue weighted by atomic mass is 16.3. The third-order valence-corrected chi connectivity index (χ3v) is 4.01. The van der Waals surface area contributed by atoms with Gasteiger partial charge < -0.3 is 14.9 Å². The van der Waals surface area contributed by atoms with Gasteiger partial charge in [-0.2, -0.15) is 0 Å². The Morgan fingerprint density at radius 3 is 2.71 bits per heavy atom. The van der Waals surface area contributed by atoms with E-state index >= 15 is 0 Å². The second-order valence-electron chi connectivity index (χ2n) is 5.72. The van der Waals surface area contributed by atoms with Crippen LogP contribution in [-0.4, -0.2) is 70.7 Å².